The molecule has 1 aliphatic carbocycles. The topological polar surface area (TPSA) is 254 Å². The van der Waals surface area contributed by atoms with Crippen LogP contribution in [0.5, 0.6) is 0 Å². The molecular formula is C52H40O14S7. The molecule has 0 fully saturated rings. The first kappa shape index (κ1) is 54.4. The Kier molecular flexibility index (Phi) is 17.6. The van der Waals surface area contributed by atoms with Gasteiger partial charge < -0.3 is 9.66 Å². The molecule has 374 valence electrons. The largest absolute Gasteiger partial charge is 0.744 e. The maximum absolute atomic E-state index is 11.8. The summed E-state index contributed by atoms with van der Waals surface area (Å²) >= 11 is 4.60. The molecule has 6 aromatic rings. The summed E-state index contributed by atoms with van der Waals surface area (Å²) in [6.45, 7) is 0. The monoisotopic (exact) mass is 1110 g/mol. The molecule has 5 aromatic carbocycles. The number of thioether (sulfide) groups is 2. The molecule has 0 atom stereocenters. The summed E-state index contributed by atoms with van der Waals surface area (Å²) in [5.74, 6) is -0.926. The van der Waals surface area contributed by atoms with Crippen LogP contribution < -0.4 is 0 Å². The van der Waals surface area contributed by atoms with Crippen LogP contribution in [0.2, 0.25) is 0 Å². The van der Waals surface area contributed by atoms with E-state index in [1.165, 1.54) is 48.2 Å². The Bertz CT molecular complexity index is 3730. The van der Waals surface area contributed by atoms with Crippen LogP contribution in [0.15, 0.2) is 210 Å². The van der Waals surface area contributed by atoms with E-state index in [0.29, 0.717) is 16.7 Å². The number of rotatable bonds is 14. The van der Waals surface area contributed by atoms with Gasteiger partial charge >= 0.3 is 16.6 Å². The van der Waals surface area contributed by atoms with Gasteiger partial charge in [0, 0.05) is 43.4 Å². The minimum Gasteiger partial charge on any atom is -0.744 e. The van der Waals surface area contributed by atoms with Gasteiger partial charge in [-0.25, -0.2) is 8.42 Å². The van der Waals surface area contributed by atoms with Gasteiger partial charge in [-0.1, -0.05) is 102 Å². The van der Waals surface area contributed by atoms with Crippen LogP contribution in [0.25, 0.3) is 38.1 Å². The first-order chi connectivity index (χ1) is 34.6. The van der Waals surface area contributed by atoms with Gasteiger partial charge in [-0.15, -0.1) is 12.6 Å². The number of carboxylic acid groups (broad SMARTS) is 1. The molecule has 0 saturated carbocycles. The Morgan fingerprint density at radius 3 is 1.81 bits per heavy atom. The SMILES string of the molecule is O=C(O)Cc1ccc(SC2=C(/C=C/c3cc(-c4ccc(S(=O)(=O)[O-])cc4)cc(-c4ccccc4)[s+]3)CCC/C2=C\C=C2/C=C(c3ccc(S(=O)(=O)O)cc3)C=C(c3ccc(S(=O)(=O)O)cc3)S2)cc1.O=S(=O)=O. The first-order valence-electron chi connectivity index (χ1n) is 21.5. The van der Waals surface area contributed by atoms with Gasteiger partial charge in [-0.2, -0.15) is 16.8 Å². The zero-order chi connectivity index (χ0) is 52.5. The van der Waals surface area contributed by atoms with Crippen molar-refractivity contribution in [2.24, 2.45) is 0 Å². The fourth-order valence-electron chi connectivity index (χ4n) is 7.54. The molecule has 0 unspecified atom stereocenters. The Morgan fingerprint density at radius 1 is 0.658 bits per heavy atom. The summed E-state index contributed by atoms with van der Waals surface area (Å²) in [5, 5.41) is 9.40. The third-order valence-electron chi connectivity index (χ3n) is 11.0. The van der Waals surface area contributed by atoms with E-state index in [1.807, 2.05) is 85.0 Å². The van der Waals surface area contributed by atoms with Crippen molar-refractivity contribution < 1.29 is 61.4 Å². The second-order valence-electron chi connectivity index (χ2n) is 16.0. The molecule has 2 heterocycles. The predicted molar refractivity (Wildman–Crippen MR) is 283 cm³/mol. The zero-order valence-corrected chi connectivity index (χ0v) is 43.5. The normalized spacial score (nSPS) is 15.4. The third kappa shape index (κ3) is 15.3. The molecule has 1 aromatic heterocycles. The van der Waals surface area contributed by atoms with E-state index in [-0.39, 0.29) is 21.1 Å². The van der Waals surface area contributed by atoms with E-state index in [2.05, 4.69) is 18.2 Å². The summed E-state index contributed by atoms with van der Waals surface area (Å²) in [5.41, 5.74) is 7.41. The summed E-state index contributed by atoms with van der Waals surface area (Å²) in [4.78, 5) is 16.0. The van der Waals surface area contributed by atoms with Gasteiger partial charge in [-0.05, 0) is 143 Å². The van der Waals surface area contributed by atoms with Crippen molar-refractivity contribution in [3.8, 4) is 21.6 Å². The second kappa shape index (κ2) is 23.7. The van der Waals surface area contributed by atoms with Gasteiger partial charge in [0.1, 0.15) is 10.1 Å². The van der Waals surface area contributed by atoms with Gasteiger partial charge in [0.15, 0.2) is 0 Å². The predicted octanol–water partition coefficient (Wildman–Crippen LogP) is 11.3. The Hall–Kier alpha value is -6.37. The van der Waals surface area contributed by atoms with Crippen LogP contribution in [0.4, 0.5) is 0 Å². The number of carbonyl (C=O) groups is 1. The standard InChI is InChI=1S/C52H40O11S6.O3S/c53-51(54)29-34-9-19-43(20-10-34)66-52-39(11-21-44-30-41(32-49(64-44)37-5-2-1-3-6-37)35-13-23-46(24-14-35)67(55,56)57)7-4-8-40(52)12-22-45-31-42(36-15-25-47(26-16-36)68(58,59)60)33-50(65-45)38-17-27-48(28-18-38)69(61,62)63;1-4(2)3/h1-3,5-6,9-28,30-33H,4,7-8,29H2,(H3-,53,54,55,56,57,58,59,60,61,62,63);. The number of carboxylic acids is 1. The number of benzene rings is 5. The molecular weight excluding hydrogens is 1070 g/mol. The van der Waals surface area contributed by atoms with E-state index in [9.17, 15) is 48.8 Å². The lowest BCUT2D eigenvalue weighted by atomic mass is 9.94. The minimum absolute atomic E-state index is 0.105. The van der Waals surface area contributed by atoms with Crippen LogP contribution >= 0.6 is 34.9 Å². The third-order valence-corrected chi connectivity index (χ3v) is 16.9. The molecule has 0 bridgehead atoms. The average molecular weight is 1110 g/mol. The number of hydrogen-bond acceptors (Lipinski definition) is 13. The maximum Gasteiger partial charge on any atom is 0.425 e. The van der Waals surface area contributed by atoms with Crippen molar-refractivity contribution in [3.05, 3.63) is 212 Å². The lowest BCUT2D eigenvalue weighted by Crippen LogP contribution is -2.01. The molecule has 14 nitrogen and oxygen atoms in total. The average Bonchev–Trinajstić information content (AvgIpc) is 3.35. The molecule has 0 amide bonds. The molecule has 2 aliphatic rings. The lowest BCUT2D eigenvalue weighted by molar-refractivity contribution is -0.136. The highest BCUT2D eigenvalue weighted by Crippen LogP contribution is 2.45. The number of aliphatic carboxylic acids is 1. The molecule has 73 heavy (non-hydrogen) atoms. The highest BCUT2D eigenvalue weighted by atomic mass is 32.2. The quantitative estimate of drug-likeness (QED) is 0.0677. The zero-order valence-electron chi connectivity index (χ0n) is 37.8. The summed E-state index contributed by atoms with van der Waals surface area (Å²) in [6.07, 6.45) is 14.3. The molecule has 21 heteroatoms. The van der Waals surface area contributed by atoms with Crippen molar-refractivity contribution in [1.29, 1.82) is 0 Å². The fourth-order valence-corrected chi connectivity index (χ4v) is 12.1. The Labute approximate surface area is 435 Å². The van der Waals surface area contributed by atoms with E-state index < -0.39 is 46.9 Å². The second-order valence-corrected chi connectivity index (χ2v) is 23.9. The Balaban J connectivity index is 0.00000188. The van der Waals surface area contributed by atoms with Crippen molar-refractivity contribution in [2.75, 3.05) is 0 Å². The Morgan fingerprint density at radius 2 is 1.23 bits per heavy atom. The van der Waals surface area contributed by atoms with Gasteiger partial charge in [0.25, 0.3) is 20.2 Å². The number of hydrogen-bond donors (Lipinski definition) is 3. The van der Waals surface area contributed by atoms with Crippen LogP contribution in [0, 0.1) is 0 Å². The van der Waals surface area contributed by atoms with Gasteiger partial charge in [-0.3, -0.25) is 13.9 Å². The molecule has 0 spiro atoms. The summed E-state index contributed by atoms with van der Waals surface area (Å²) in [6, 6.07) is 38.9. The van der Waals surface area contributed by atoms with Crippen LogP contribution in [-0.2, 0) is 52.2 Å². The van der Waals surface area contributed by atoms with Crippen molar-refractivity contribution in [3.63, 3.8) is 0 Å². The molecule has 0 saturated heterocycles. The highest BCUT2D eigenvalue weighted by Gasteiger charge is 2.22. The lowest BCUT2D eigenvalue weighted by Gasteiger charge is -2.22. The fraction of sp³-hybridized carbons (Fsp3) is 0.0769. The molecule has 8 rings (SSSR count). The number of allylic oxidation sites excluding steroid dienone is 8. The smallest absolute Gasteiger partial charge is 0.425 e. The van der Waals surface area contributed by atoms with Crippen LogP contribution in [0.1, 0.15) is 40.8 Å². The van der Waals surface area contributed by atoms with Crippen LogP contribution in [-0.4, -0.2) is 62.6 Å². The minimum atomic E-state index is -4.62. The molecule has 0 radical (unpaired) electrons. The molecule has 1 aliphatic heterocycles. The maximum atomic E-state index is 11.8. The van der Waals surface area contributed by atoms with E-state index in [1.54, 1.807) is 59.5 Å². The molecule has 3 N–H and O–H groups in total. The summed E-state index contributed by atoms with van der Waals surface area (Å²) in [7, 11) is -16.6. The van der Waals surface area contributed by atoms with Gasteiger partial charge in [0.05, 0.1) is 21.1 Å². The van der Waals surface area contributed by atoms with Gasteiger partial charge in [0.2, 0.25) is 21.1 Å². The van der Waals surface area contributed by atoms with E-state index >= 15 is 0 Å². The van der Waals surface area contributed by atoms with Crippen LogP contribution in [0.3, 0.4) is 0 Å². The van der Waals surface area contributed by atoms with E-state index in [0.717, 1.165) is 82.0 Å². The van der Waals surface area contributed by atoms with Crippen molar-refractivity contribution >= 4 is 98.3 Å². The van der Waals surface area contributed by atoms with Crippen molar-refractivity contribution in [1.82, 2.24) is 0 Å². The summed E-state index contributed by atoms with van der Waals surface area (Å²) < 4.78 is 127. The first-order valence-corrected chi connectivity index (χ1v) is 29.3. The highest BCUT2D eigenvalue weighted by molar-refractivity contribution is 8.12. The van der Waals surface area contributed by atoms with Crippen molar-refractivity contribution in [2.45, 2.75) is 45.3 Å². The van der Waals surface area contributed by atoms with E-state index in [4.69, 9.17) is 12.6 Å².